The first-order valence-corrected chi connectivity index (χ1v) is 8.31. The summed E-state index contributed by atoms with van der Waals surface area (Å²) >= 11 is 1.63. The molecule has 118 valence electrons. The molecule has 3 aromatic rings. The second-order valence-corrected chi connectivity index (χ2v) is 6.78. The van der Waals surface area contributed by atoms with E-state index in [0.29, 0.717) is 12.4 Å². The van der Waals surface area contributed by atoms with E-state index in [9.17, 15) is 5.11 Å². The van der Waals surface area contributed by atoms with Crippen LogP contribution in [0, 0.1) is 0 Å². The van der Waals surface area contributed by atoms with Gasteiger partial charge in [-0.15, -0.1) is 11.3 Å². The Kier molecular flexibility index (Phi) is 3.30. The molecule has 1 aromatic carbocycles. The highest BCUT2D eigenvalue weighted by Crippen LogP contribution is 2.41. The summed E-state index contributed by atoms with van der Waals surface area (Å²) in [7, 11) is 0. The third kappa shape index (κ3) is 2.37. The van der Waals surface area contributed by atoms with Gasteiger partial charge in [-0.2, -0.15) is 5.10 Å². The van der Waals surface area contributed by atoms with Crippen molar-refractivity contribution in [3.05, 3.63) is 29.4 Å². The summed E-state index contributed by atoms with van der Waals surface area (Å²) in [5.74, 6) is 1.66. The molecular weight excluding hydrogens is 312 g/mol. The molecule has 0 bridgehead atoms. The molecule has 0 saturated carbocycles. The zero-order valence-corrected chi connectivity index (χ0v) is 13.7. The largest absolute Gasteiger partial charge is 0.508 e. The van der Waals surface area contributed by atoms with E-state index in [4.69, 9.17) is 9.72 Å². The van der Waals surface area contributed by atoms with E-state index in [1.165, 1.54) is 4.88 Å². The second-order valence-electron chi connectivity index (χ2n) is 5.69. The van der Waals surface area contributed by atoms with Crippen molar-refractivity contribution in [1.29, 1.82) is 0 Å². The standard InChI is InChI=1S/C16H16N4O2S/c1-9(2)20-15(17-8-18-20)16-19-14-11-4-3-10(21)7-12(11)22-6-5-13(14)23-16/h3-4,7-9,21H,5-6H2,1-2H3. The van der Waals surface area contributed by atoms with Crippen molar-refractivity contribution in [2.24, 2.45) is 0 Å². The number of hydrogen-bond acceptors (Lipinski definition) is 6. The average Bonchev–Trinajstić information content (AvgIpc) is 3.11. The number of phenols is 1. The molecule has 1 aliphatic heterocycles. The van der Waals surface area contributed by atoms with Crippen molar-refractivity contribution in [3.8, 4) is 33.6 Å². The fourth-order valence-corrected chi connectivity index (χ4v) is 3.73. The maximum atomic E-state index is 9.66. The van der Waals surface area contributed by atoms with Crippen molar-refractivity contribution in [1.82, 2.24) is 19.7 Å². The normalized spacial score (nSPS) is 13.3. The van der Waals surface area contributed by atoms with Crippen molar-refractivity contribution >= 4 is 11.3 Å². The molecule has 23 heavy (non-hydrogen) atoms. The average molecular weight is 328 g/mol. The number of phenolic OH excluding ortho intramolecular Hbond substituents is 1. The Morgan fingerprint density at radius 2 is 2.22 bits per heavy atom. The number of ether oxygens (including phenoxy) is 1. The zero-order valence-electron chi connectivity index (χ0n) is 12.9. The minimum atomic E-state index is 0.196. The second kappa shape index (κ2) is 5.34. The molecule has 0 fully saturated rings. The molecule has 7 heteroatoms. The van der Waals surface area contributed by atoms with Gasteiger partial charge in [0.05, 0.1) is 12.3 Å². The van der Waals surface area contributed by atoms with Crippen molar-refractivity contribution < 1.29 is 9.84 Å². The number of nitrogens with zero attached hydrogens (tertiary/aromatic N) is 4. The van der Waals surface area contributed by atoms with Gasteiger partial charge in [-0.1, -0.05) is 0 Å². The van der Waals surface area contributed by atoms with E-state index in [-0.39, 0.29) is 11.8 Å². The number of rotatable bonds is 2. The van der Waals surface area contributed by atoms with Gasteiger partial charge in [0.1, 0.15) is 17.8 Å². The Balaban J connectivity index is 1.86. The van der Waals surface area contributed by atoms with Crippen LogP contribution >= 0.6 is 11.3 Å². The lowest BCUT2D eigenvalue weighted by molar-refractivity contribution is 0.325. The number of aromatic nitrogens is 4. The van der Waals surface area contributed by atoms with Crippen LogP contribution in [-0.2, 0) is 6.42 Å². The molecule has 0 radical (unpaired) electrons. The van der Waals surface area contributed by atoms with E-state index in [0.717, 1.165) is 28.5 Å². The number of fused-ring (bicyclic) bond motifs is 3. The molecule has 0 amide bonds. The zero-order chi connectivity index (χ0) is 16.0. The van der Waals surface area contributed by atoms with Crippen molar-refractivity contribution in [2.75, 3.05) is 6.61 Å². The minimum Gasteiger partial charge on any atom is -0.508 e. The van der Waals surface area contributed by atoms with Crippen molar-refractivity contribution in [3.63, 3.8) is 0 Å². The SMILES string of the molecule is CC(C)n1ncnc1-c1nc2c(s1)CCOc1cc(O)ccc1-2. The van der Waals surface area contributed by atoms with Gasteiger partial charge < -0.3 is 9.84 Å². The first-order valence-electron chi connectivity index (χ1n) is 7.49. The first kappa shape index (κ1) is 14.2. The number of thiazole rings is 1. The lowest BCUT2D eigenvalue weighted by atomic mass is 10.1. The summed E-state index contributed by atoms with van der Waals surface area (Å²) in [5.41, 5.74) is 1.82. The summed E-state index contributed by atoms with van der Waals surface area (Å²) in [6.07, 6.45) is 2.36. The number of aromatic hydroxyl groups is 1. The minimum absolute atomic E-state index is 0.196. The third-order valence-corrected chi connectivity index (χ3v) is 4.87. The van der Waals surface area contributed by atoms with Gasteiger partial charge in [0.2, 0.25) is 0 Å². The Morgan fingerprint density at radius 3 is 3.04 bits per heavy atom. The molecule has 3 heterocycles. The number of benzene rings is 1. The van der Waals surface area contributed by atoms with Crippen LogP contribution in [0.25, 0.3) is 22.1 Å². The van der Waals surface area contributed by atoms with Gasteiger partial charge in [0.25, 0.3) is 0 Å². The lowest BCUT2D eigenvalue weighted by Crippen LogP contribution is -2.04. The summed E-state index contributed by atoms with van der Waals surface area (Å²) < 4.78 is 7.62. The highest BCUT2D eigenvalue weighted by Gasteiger charge is 2.23. The Morgan fingerprint density at radius 1 is 1.35 bits per heavy atom. The van der Waals surface area contributed by atoms with Gasteiger partial charge in [0, 0.05) is 29.0 Å². The predicted molar refractivity (Wildman–Crippen MR) is 87.8 cm³/mol. The molecule has 0 saturated heterocycles. The Bertz CT molecular complexity index is 869. The Labute approximate surface area is 137 Å². The van der Waals surface area contributed by atoms with Crippen LogP contribution in [0.2, 0.25) is 0 Å². The van der Waals surface area contributed by atoms with Crippen LogP contribution in [-0.4, -0.2) is 31.5 Å². The van der Waals surface area contributed by atoms with E-state index in [2.05, 4.69) is 23.9 Å². The van der Waals surface area contributed by atoms with Crippen molar-refractivity contribution in [2.45, 2.75) is 26.3 Å². The van der Waals surface area contributed by atoms with Gasteiger partial charge in [-0.3, -0.25) is 0 Å². The van der Waals surface area contributed by atoms with E-state index < -0.39 is 0 Å². The summed E-state index contributed by atoms with van der Waals surface area (Å²) in [6, 6.07) is 5.38. The first-order chi connectivity index (χ1) is 11.1. The molecule has 2 aromatic heterocycles. The van der Waals surface area contributed by atoms with Gasteiger partial charge in [-0.25, -0.2) is 14.6 Å². The van der Waals surface area contributed by atoms with Crippen LogP contribution in [0.4, 0.5) is 0 Å². The Hall–Kier alpha value is -2.41. The van der Waals surface area contributed by atoms with Crippen LogP contribution in [0.15, 0.2) is 24.5 Å². The van der Waals surface area contributed by atoms with Crippen LogP contribution < -0.4 is 4.74 Å². The maximum absolute atomic E-state index is 9.66. The lowest BCUT2D eigenvalue weighted by Gasteiger charge is -2.08. The van der Waals surface area contributed by atoms with E-state index in [1.54, 1.807) is 29.8 Å². The fourth-order valence-electron chi connectivity index (χ4n) is 2.69. The molecule has 6 nitrogen and oxygen atoms in total. The predicted octanol–water partition coefficient (Wildman–Crippen LogP) is 3.29. The van der Waals surface area contributed by atoms with E-state index >= 15 is 0 Å². The monoisotopic (exact) mass is 328 g/mol. The summed E-state index contributed by atoms with van der Waals surface area (Å²) in [6.45, 7) is 4.72. The van der Waals surface area contributed by atoms with Gasteiger partial charge in [0.15, 0.2) is 10.8 Å². The molecule has 0 atom stereocenters. The molecule has 1 N–H and O–H groups in total. The summed E-state index contributed by atoms with van der Waals surface area (Å²) in [5, 5.41) is 14.8. The quantitative estimate of drug-likeness (QED) is 0.781. The van der Waals surface area contributed by atoms with Gasteiger partial charge >= 0.3 is 0 Å². The smallest absolute Gasteiger partial charge is 0.187 e. The molecule has 4 rings (SSSR count). The van der Waals surface area contributed by atoms with Gasteiger partial charge in [-0.05, 0) is 26.0 Å². The molecular formula is C16H16N4O2S. The topological polar surface area (TPSA) is 73.1 Å². The third-order valence-electron chi connectivity index (χ3n) is 3.76. The van der Waals surface area contributed by atoms with E-state index in [1.807, 2.05) is 10.7 Å². The highest BCUT2D eigenvalue weighted by molar-refractivity contribution is 7.15. The molecule has 0 aliphatic carbocycles. The maximum Gasteiger partial charge on any atom is 0.187 e. The molecule has 0 unspecified atom stereocenters. The molecule has 1 aliphatic rings. The van der Waals surface area contributed by atoms with Crippen LogP contribution in [0.3, 0.4) is 0 Å². The molecule has 0 spiro atoms. The fraction of sp³-hybridized carbons (Fsp3) is 0.312. The highest BCUT2D eigenvalue weighted by atomic mass is 32.1. The number of hydrogen-bond donors (Lipinski definition) is 1. The van der Waals surface area contributed by atoms with Crippen LogP contribution in [0.1, 0.15) is 24.8 Å². The summed E-state index contributed by atoms with van der Waals surface area (Å²) in [4.78, 5) is 10.3. The van der Waals surface area contributed by atoms with Crippen LogP contribution in [0.5, 0.6) is 11.5 Å².